The van der Waals surface area contributed by atoms with Crippen molar-refractivity contribution in [3.8, 4) is 0 Å². The molecule has 6 heteroatoms. The van der Waals surface area contributed by atoms with Crippen LogP contribution in [0, 0.1) is 23.2 Å². The van der Waals surface area contributed by atoms with Crippen molar-refractivity contribution in [1.29, 1.82) is 0 Å². The normalized spacial score (nSPS) is 33.2. The minimum atomic E-state index is -2.01. The molecule has 0 aromatic heterocycles. The minimum Gasteiger partial charge on any atom is -0.413 e. The Hall–Kier alpha value is -0.506. The van der Waals surface area contributed by atoms with E-state index >= 15 is 0 Å². The van der Waals surface area contributed by atoms with Crippen LogP contribution in [0.1, 0.15) is 127 Å². The molecule has 3 aliphatic carbocycles. The van der Waals surface area contributed by atoms with Gasteiger partial charge in [0.15, 0.2) is 16.6 Å². The van der Waals surface area contributed by atoms with Gasteiger partial charge in [-0.25, -0.2) is 0 Å². The average molecular weight is 661 g/mol. The summed E-state index contributed by atoms with van der Waals surface area (Å²) in [7, 11) is -3.98. The van der Waals surface area contributed by atoms with Crippen LogP contribution >= 0.6 is 0 Å². The highest BCUT2D eigenvalue weighted by atomic mass is 28.4. The zero-order valence-corrected chi connectivity index (χ0v) is 33.9. The summed E-state index contributed by atoms with van der Waals surface area (Å²) in [6.45, 7) is 36.6. The molecule has 0 radical (unpaired) electrons. The fraction of sp³-hybridized carbons (Fsp3) is 0.846. The van der Waals surface area contributed by atoms with Gasteiger partial charge in [0.1, 0.15) is 0 Å². The Balaban J connectivity index is 1.90. The van der Waals surface area contributed by atoms with Crippen LogP contribution in [0.4, 0.5) is 0 Å². The van der Waals surface area contributed by atoms with Gasteiger partial charge in [-0.2, -0.15) is 0 Å². The Morgan fingerprint density at radius 2 is 1.51 bits per heavy atom. The Morgan fingerprint density at radius 1 is 0.933 bits per heavy atom. The summed E-state index contributed by atoms with van der Waals surface area (Å²) < 4.78 is 14.1. The molecule has 0 spiro atoms. The van der Waals surface area contributed by atoms with Crippen molar-refractivity contribution in [2.75, 3.05) is 0 Å². The lowest BCUT2D eigenvalue weighted by Crippen LogP contribution is -2.49. The number of aliphatic hydroxyl groups excluding tert-OH is 1. The summed E-state index contributed by atoms with van der Waals surface area (Å²) in [5.74, 6) is 1.70. The van der Waals surface area contributed by atoms with E-state index in [1.807, 2.05) is 13.8 Å². The van der Waals surface area contributed by atoms with Crippen LogP contribution in [0.25, 0.3) is 0 Å². The van der Waals surface area contributed by atoms with Crippen LogP contribution in [0.3, 0.4) is 0 Å². The molecule has 2 N–H and O–H groups in total. The van der Waals surface area contributed by atoms with Gasteiger partial charge >= 0.3 is 0 Å². The Labute approximate surface area is 280 Å². The SMILES string of the molecule is C=C1/C(=C\C=C2/C[C@H](O)C[C@]3(C)[C@@H]([C@H](C)CCCC(C)(C)O)CC[C@@H]23)C[C@@H](O[Si](C)(C)C(C)(C)C)C[C@@H]1O[Si](C)(C)C(C)(C)C. The number of hydrogen-bond acceptors (Lipinski definition) is 4. The van der Waals surface area contributed by atoms with E-state index in [0.29, 0.717) is 17.8 Å². The highest BCUT2D eigenvalue weighted by molar-refractivity contribution is 6.74. The topological polar surface area (TPSA) is 58.9 Å². The molecule has 7 atom stereocenters. The quantitative estimate of drug-likeness (QED) is 0.229. The minimum absolute atomic E-state index is 0.0260. The molecule has 0 aromatic carbocycles. The molecular formula is C39H72O4Si2. The van der Waals surface area contributed by atoms with Gasteiger partial charge in [-0.1, -0.05) is 92.5 Å². The number of fused-ring (bicyclic) bond motifs is 1. The van der Waals surface area contributed by atoms with E-state index in [9.17, 15) is 10.2 Å². The van der Waals surface area contributed by atoms with Crippen LogP contribution in [-0.4, -0.2) is 50.8 Å². The summed E-state index contributed by atoms with van der Waals surface area (Å²) in [4.78, 5) is 0. The third kappa shape index (κ3) is 9.35. The predicted octanol–water partition coefficient (Wildman–Crippen LogP) is 10.7. The lowest BCUT2D eigenvalue weighted by Gasteiger charge is -2.46. The molecule has 0 saturated heterocycles. The number of aliphatic hydroxyl groups is 2. The van der Waals surface area contributed by atoms with Crippen LogP contribution in [0.5, 0.6) is 0 Å². The maximum absolute atomic E-state index is 11.2. The molecule has 0 unspecified atom stereocenters. The lowest BCUT2D eigenvalue weighted by atomic mass is 9.60. The van der Waals surface area contributed by atoms with Crippen LogP contribution in [0.15, 0.2) is 35.5 Å². The van der Waals surface area contributed by atoms with Crippen LogP contribution < -0.4 is 0 Å². The van der Waals surface area contributed by atoms with Gasteiger partial charge in [0.2, 0.25) is 0 Å². The summed E-state index contributed by atoms with van der Waals surface area (Å²) >= 11 is 0. The molecule has 3 saturated carbocycles. The lowest BCUT2D eigenvalue weighted by molar-refractivity contribution is 0.0146. The predicted molar refractivity (Wildman–Crippen MR) is 198 cm³/mol. The third-order valence-electron chi connectivity index (χ3n) is 12.9. The molecular weight excluding hydrogens is 589 g/mol. The molecule has 260 valence electrons. The van der Waals surface area contributed by atoms with Crippen molar-refractivity contribution >= 4 is 16.6 Å². The first-order valence-corrected chi connectivity index (χ1v) is 23.9. The Morgan fingerprint density at radius 3 is 2.07 bits per heavy atom. The van der Waals surface area contributed by atoms with Crippen molar-refractivity contribution in [3.63, 3.8) is 0 Å². The van der Waals surface area contributed by atoms with Gasteiger partial charge in [0, 0.05) is 6.42 Å². The molecule has 0 aromatic rings. The van der Waals surface area contributed by atoms with Crippen molar-refractivity contribution in [2.45, 2.75) is 187 Å². The van der Waals surface area contributed by atoms with Gasteiger partial charge in [0.25, 0.3) is 0 Å². The Kier molecular flexibility index (Phi) is 11.9. The van der Waals surface area contributed by atoms with E-state index in [1.165, 1.54) is 24.0 Å². The number of rotatable bonds is 10. The Bertz CT molecular complexity index is 1100. The number of allylic oxidation sites excluding steroid dienone is 2. The second-order valence-corrected chi connectivity index (χ2v) is 28.8. The van der Waals surface area contributed by atoms with E-state index in [2.05, 4.69) is 100 Å². The largest absolute Gasteiger partial charge is 0.413 e. The third-order valence-corrected chi connectivity index (χ3v) is 21.9. The fourth-order valence-electron chi connectivity index (χ4n) is 8.10. The monoisotopic (exact) mass is 660 g/mol. The summed E-state index contributed by atoms with van der Waals surface area (Å²) in [6, 6.07) is 0. The first-order valence-electron chi connectivity index (χ1n) is 18.1. The fourth-order valence-corrected chi connectivity index (χ4v) is 10.8. The van der Waals surface area contributed by atoms with Gasteiger partial charge < -0.3 is 19.1 Å². The molecule has 0 bridgehead atoms. The van der Waals surface area contributed by atoms with Crippen molar-refractivity contribution in [2.24, 2.45) is 23.2 Å². The van der Waals surface area contributed by atoms with Crippen molar-refractivity contribution in [1.82, 2.24) is 0 Å². The standard InChI is InChI=1S/C39H72O4Si2/c1-27(17-16-22-38(9,10)41)33-20-21-34-30(23-31(40)26-39(33,34)11)19-18-29-24-32(42-44(12,13)36(3,4)5)25-35(28(29)2)43-45(14,15)37(6,7)8/h18-19,27,31-35,40-41H,2,16-17,20-26H2,1,3-15H3/b29-18-,30-19+/t27-,31+,32-,33-,34+,35+,39-/m1/s1. The van der Waals surface area contributed by atoms with Crippen molar-refractivity contribution < 1.29 is 19.1 Å². The summed E-state index contributed by atoms with van der Waals surface area (Å²) in [5.41, 5.74) is 3.31. The molecule has 4 nitrogen and oxygen atoms in total. The van der Waals surface area contributed by atoms with Gasteiger partial charge in [-0.15, -0.1) is 0 Å². The maximum Gasteiger partial charge on any atom is 0.192 e. The molecule has 3 fully saturated rings. The molecule has 0 heterocycles. The zero-order chi connectivity index (χ0) is 34.4. The molecule has 3 rings (SSSR count). The van der Waals surface area contributed by atoms with Crippen LogP contribution in [-0.2, 0) is 8.85 Å². The van der Waals surface area contributed by atoms with Crippen molar-refractivity contribution in [3.05, 3.63) is 35.5 Å². The summed E-state index contributed by atoms with van der Waals surface area (Å²) in [6.07, 6.45) is 13.4. The van der Waals surface area contributed by atoms with Gasteiger partial charge in [-0.05, 0) is 123 Å². The molecule has 0 aliphatic heterocycles. The number of hydrogen-bond donors (Lipinski definition) is 2. The van der Waals surface area contributed by atoms with E-state index in [0.717, 1.165) is 50.5 Å². The van der Waals surface area contributed by atoms with Gasteiger partial charge in [0.05, 0.1) is 23.9 Å². The van der Waals surface area contributed by atoms with E-state index in [4.69, 9.17) is 8.85 Å². The van der Waals surface area contributed by atoms with E-state index in [-0.39, 0.29) is 33.8 Å². The smallest absolute Gasteiger partial charge is 0.192 e. The zero-order valence-electron chi connectivity index (χ0n) is 31.9. The molecule has 3 aliphatic rings. The highest BCUT2D eigenvalue weighted by Crippen LogP contribution is 2.60. The first kappa shape index (κ1) is 38.9. The highest BCUT2D eigenvalue weighted by Gasteiger charge is 2.52. The van der Waals surface area contributed by atoms with Crippen LogP contribution in [0.2, 0.25) is 36.3 Å². The summed E-state index contributed by atoms with van der Waals surface area (Å²) in [5, 5.41) is 21.7. The van der Waals surface area contributed by atoms with Gasteiger partial charge in [-0.3, -0.25) is 0 Å². The molecule has 0 amide bonds. The second kappa shape index (κ2) is 13.8. The van der Waals surface area contributed by atoms with E-state index < -0.39 is 22.2 Å². The van der Waals surface area contributed by atoms with E-state index in [1.54, 1.807) is 0 Å². The maximum atomic E-state index is 11.2. The second-order valence-electron chi connectivity index (χ2n) is 19.3. The molecule has 45 heavy (non-hydrogen) atoms. The first-order chi connectivity index (χ1) is 20.3. The average Bonchev–Trinajstić information content (AvgIpc) is 3.18.